The summed E-state index contributed by atoms with van der Waals surface area (Å²) in [5.74, 6) is 1.96. The highest BCUT2D eigenvalue weighted by Crippen LogP contribution is 2.24. The van der Waals surface area contributed by atoms with Gasteiger partial charge in [-0.2, -0.15) is 0 Å². The zero-order chi connectivity index (χ0) is 20.8. The summed E-state index contributed by atoms with van der Waals surface area (Å²) in [5.41, 5.74) is 2.16. The molecule has 1 fully saturated rings. The van der Waals surface area contributed by atoms with Crippen molar-refractivity contribution >= 4 is 29.2 Å². The van der Waals surface area contributed by atoms with Gasteiger partial charge in [-0.1, -0.05) is 48.3 Å². The van der Waals surface area contributed by atoms with E-state index in [9.17, 15) is 0 Å². The second-order valence-electron chi connectivity index (χ2n) is 7.74. The lowest BCUT2D eigenvalue weighted by molar-refractivity contribution is 0.198. The second kappa shape index (κ2) is 10.3. The summed E-state index contributed by atoms with van der Waals surface area (Å²) < 4.78 is 5.38. The number of hydrogen-bond donors (Lipinski definition) is 2. The van der Waals surface area contributed by atoms with Gasteiger partial charge in [-0.05, 0) is 36.5 Å². The summed E-state index contributed by atoms with van der Waals surface area (Å²) in [5, 5.41) is 12.1. The van der Waals surface area contributed by atoms with Gasteiger partial charge in [0.2, 0.25) is 0 Å². The third-order valence-electron chi connectivity index (χ3n) is 5.14. The number of nitrogens with one attached hydrogen (secondary N) is 2. The van der Waals surface area contributed by atoms with E-state index in [0.29, 0.717) is 28.5 Å². The Hall–Kier alpha value is -1.76. The molecule has 0 bridgehead atoms. The molecule has 0 radical (unpaired) electrons. The normalized spacial score (nSPS) is 16.4. The Bertz CT molecular complexity index is 828. The van der Waals surface area contributed by atoms with E-state index in [-0.39, 0.29) is 0 Å². The summed E-state index contributed by atoms with van der Waals surface area (Å²) in [6.07, 6.45) is 2.11. The van der Waals surface area contributed by atoms with Gasteiger partial charge < -0.3 is 15.2 Å². The molecule has 0 spiro atoms. The molecule has 29 heavy (non-hydrogen) atoms. The molecule has 1 aliphatic rings. The molecule has 0 aliphatic carbocycles. The SMILES string of the molecule is CN=C(NCc1cc(C(C)C)no1)NC1CCN(Cc2ccc(Cl)c(Cl)c2)CC1. The average molecular weight is 438 g/mol. The molecule has 0 amide bonds. The van der Waals surface area contributed by atoms with Crippen LogP contribution in [0.2, 0.25) is 10.0 Å². The van der Waals surface area contributed by atoms with Crippen LogP contribution in [-0.4, -0.2) is 42.2 Å². The van der Waals surface area contributed by atoms with Crippen molar-refractivity contribution in [2.24, 2.45) is 4.99 Å². The maximum Gasteiger partial charge on any atom is 0.191 e. The van der Waals surface area contributed by atoms with Gasteiger partial charge in [-0.3, -0.25) is 9.89 Å². The second-order valence-corrected chi connectivity index (χ2v) is 8.56. The van der Waals surface area contributed by atoms with Gasteiger partial charge in [0.1, 0.15) is 0 Å². The van der Waals surface area contributed by atoms with Crippen molar-refractivity contribution in [3.05, 3.63) is 51.3 Å². The number of piperidine rings is 1. The smallest absolute Gasteiger partial charge is 0.191 e. The number of benzene rings is 1. The zero-order valence-electron chi connectivity index (χ0n) is 17.2. The van der Waals surface area contributed by atoms with Crippen molar-refractivity contribution in [3.8, 4) is 0 Å². The van der Waals surface area contributed by atoms with Crippen LogP contribution < -0.4 is 10.6 Å². The first kappa shape index (κ1) is 21.9. The maximum absolute atomic E-state index is 6.13. The Labute approximate surface area is 182 Å². The van der Waals surface area contributed by atoms with E-state index in [1.807, 2.05) is 24.3 Å². The Morgan fingerprint density at radius 1 is 1.24 bits per heavy atom. The summed E-state index contributed by atoms with van der Waals surface area (Å²) in [6, 6.07) is 8.24. The molecule has 0 saturated carbocycles. The van der Waals surface area contributed by atoms with Crippen LogP contribution in [0.4, 0.5) is 0 Å². The van der Waals surface area contributed by atoms with E-state index >= 15 is 0 Å². The first-order valence-corrected chi connectivity index (χ1v) is 10.8. The minimum absolute atomic E-state index is 0.360. The first-order chi connectivity index (χ1) is 13.9. The number of guanidine groups is 1. The first-order valence-electron chi connectivity index (χ1n) is 10.0. The van der Waals surface area contributed by atoms with Gasteiger partial charge in [0.05, 0.1) is 22.3 Å². The largest absolute Gasteiger partial charge is 0.359 e. The van der Waals surface area contributed by atoms with Crippen molar-refractivity contribution in [3.63, 3.8) is 0 Å². The molecule has 1 aromatic heterocycles. The third kappa shape index (κ3) is 6.36. The highest BCUT2D eigenvalue weighted by molar-refractivity contribution is 6.42. The fourth-order valence-electron chi connectivity index (χ4n) is 3.37. The van der Waals surface area contributed by atoms with Crippen LogP contribution in [0.25, 0.3) is 0 Å². The molecule has 2 heterocycles. The number of aromatic nitrogens is 1. The molecule has 0 atom stereocenters. The summed E-state index contributed by atoms with van der Waals surface area (Å²) in [4.78, 5) is 6.78. The predicted octanol–water partition coefficient (Wildman–Crippen LogP) is 4.43. The molecule has 0 unspecified atom stereocenters. The number of rotatable bonds is 6. The average Bonchev–Trinajstić information content (AvgIpc) is 3.19. The monoisotopic (exact) mass is 437 g/mol. The molecule has 2 aromatic rings. The lowest BCUT2D eigenvalue weighted by Crippen LogP contribution is -2.48. The van der Waals surface area contributed by atoms with Gasteiger partial charge in [0.15, 0.2) is 11.7 Å². The number of likely N-dealkylation sites (tertiary alicyclic amines) is 1. The Morgan fingerprint density at radius 2 is 2.00 bits per heavy atom. The Balaban J connectivity index is 1.43. The highest BCUT2D eigenvalue weighted by Gasteiger charge is 2.20. The fraction of sp³-hybridized carbons (Fsp3) is 0.524. The van der Waals surface area contributed by atoms with Crippen LogP contribution >= 0.6 is 23.2 Å². The molecule has 6 nitrogen and oxygen atoms in total. The fourth-order valence-corrected chi connectivity index (χ4v) is 3.70. The highest BCUT2D eigenvalue weighted by atomic mass is 35.5. The van der Waals surface area contributed by atoms with Crippen LogP contribution in [-0.2, 0) is 13.1 Å². The number of nitrogens with zero attached hydrogens (tertiary/aromatic N) is 3. The maximum atomic E-state index is 6.13. The van der Waals surface area contributed by atoms with Crippen molar-refractivity contribution in [2.75, 3.05) is 20.1 Å². The quantitative estimate of drug-likeness (QED) is 0.516. The van der Waals surface area contributed by atoms with Gasteiger partial charge in [-0.15, -0.1) is 0 Å². The molecule has 1 aromatic carbocycles. The van der Waals surface area contributed by atoms with Crippen molar-refractivity contribution in [2.45, 2.75) is 51.7 Å². The molecule has 2 N–H and O–H groups in total. The van der Waals surface area contributed by atoms with Crippen LogP contribution in [0.5, 0.6) is 0 Å². The van der Waals surface area contributed by atoms with E-state index in [4.69, 9.17) is 27.7 Å². The zero-order valence-corrected chi connectivity index (χ0v) is 18.7. The van der Waals surface area contributed by atoms with Crippen LogP contribution in [0.3, 0.4) is 0 Å². The summed E-state index contributed by atoms with van der Waals surface area (Å²) >= 11 is 12.1. The van der Waals surface area contributed by atoms with Crippen LogP contribution in [0.1, 0.15) is 49.6 Å². The van der Waals surface area contributed by atoms with E-state index < -0.39 is 0 Å². The standard InChI is InChI=1S/C21H29Cl2N5O/c1-14(2)20-11-17(29-27-20)12-25-21(24-3)26-16-6-8-28(9-7-16)13-15-4-5-18(22)19(23)10-15/h4-5,10-11,14,16H,6-9,12-13H2,1-3H3,(H2,24,25,26). The molecule has 158 valence electrons. The number of aliphatic imine (C=N–C) groups is 1. The van der Waals surface area contributed by atoms with Crippen molar-refractivity contribution < 1.29 is 4.52 Å². The molecule has 8 heteroatoms. The van der Waals surface area contributed by atoms with Gasteiger partial charge in [-0.25, -0.2) is 0 Å². The van der Waals surface area contributed by atoms with Crippen molar-refractivity contribution in [1.29, 1.82) is 0 Å². The van der Waals surface area contributed by atoms with Crippen LogP contribution in [0, 0.1) is 0 Å². The number of hydrogen-bond acceptors (Lipinski definition) is 4. The van der Waals surface area contributed by atoms with Gasteiger partial charge in [0, 0.05) is 38.8 Å². The molecular weight excluding hydrogens is 409 g/mol. The lowest BCUT2D eigenvalue weighted by atomic mass is 10.0. The van der Waals surface area contributed by atoms with E-state index in [1.165, 1.54) is 5.56 Å². The molecule has 1 aliphatic heterocycles. The Morgan fingerprint density at radius 3 is 2.62 bits per heavy atom. The third-order valence-corrected chi connectivity index (χ3v) is 5.88. The molecule has 3 rings (SSSR count). The van der Waals surface area contributed by atoms with Gasteiger partial charge >= 0.3 is 0 Å². The topological polar surface area (TPSA) is 65.7 Å². The lowest BCUT2D eigenvalue weighted by Gasteiger charge is -2.33. The van der Waals surface area contributed by atoms with E-state index in [2.05, 4.69) is 39.5 Å². The minimum atomic E-state index is 0.360. The number of halogens is 2. The summed E-state index contributed by atoms with van der Waals surface area (Å²) in [7, 11) is 1.79. The Kier molecular flexibility index (Phi) is 7.81. The van der Waals surface area contributed by atoms with Crippen LogP contribution in [0.15, 0.2) is 33.8 Å². The van der Waals surface area contributed by atoms with Crippen molar-refractivity contribution in [1.82, 2.24) is 20.7 Å². The van der Waals surface area contributed by atoms with E-state index in [0.717, 1.165) is 49.9 Å². The van der Waals surface area contributed by atoms with Gasteiger partial charge in [0.25, 0.3) is 0 Å². The molecule has 1 saturated heterocycles. The molecular formula is C21H29Cl2N5O. The van der Waals surface area contributed by atoms with E-state index in [1.54, 1.807) is 7.05 Å². The summed E-state index contributed by atoms with van der Waals surface area (Å²) in [6.45, 7) is 7.70. The predicted molar refractivity (Wildman–Crippen MR) is 119 cm³/mol. The minimum Gasteiger partial charge on any atom is -0.359 e.